The highest BCUT2D eigenvalue weighted by Gasteiger charge is 2.18. The molecule has 0 aliphatic heterocycles. The van der Waals surface area contributed by atoms with E-state index >= 15 is 0 Å². The molecule has 3 rings (SSSR count). The lowest BCUT2D eigenvalue weighted by Gasteiger charge is -2.25. The fourth-order valence-corrected chi connectivity index (χ4v) is 5.66. The first kappa shape index (κ1) is 19.3. The van der Waals surface area contributed by atoms with Crippen LogP contribution in [0, 0.1) is 5.92 Å². The maximum atomic E-state index is 12.5. The Labute approximate surface area is 160 Å². The summed E-state index contributed by atoms with van der Waals surface area (Å²) in [5.41, 5.74) is 1.45. The van der Waals surface area contributed by atoms with Gasteiger partial charge in [0.15, 0.2) is 0 Å². The molecule has 0 bridgehead atoms. The first-order chi connectivity index (χ1) is 12.5. The van der Waals surface area contributed by atoms with Crippen LogP contribution in [0.15, 0.2) is 40.2 Å². The van der Waals surface area contributed by atoms with E-state index in [9.17, 15) is 8.42 Å². The molecule has 1 unspecified atom stereocenters. The summed E-state index contributed by atoms with van der Waals surface area (Å²) in [7, 11) is -3.54. The number of hydrogen-bond donors (Lipinski definition) is 2. The highest BCUT2D eigenvalue weighted by atomic mass is 32.2. The zero-order chi connectivity index (χ0) is 18.4. The van der Waals surface area contributed by atoms with Crippen molar-refractivity contribution in [3.05, 3.63) is 41.5 Å². The van der Waals surface area contributed by atoms with Crippen molar-refractivity contribution in [2.75, 3.05) is 4.72 Å². The van der Waals surface area contributed by atoms with Gasteiger partial charge in [-0.3, -0.25) is 9.71 Å². The lowest BCUT2D eigenvalue weighted by Crippen LogP contribution is -2.29. The number of rotatable bonds is 8. The quantitative estimate of drug-likeness (QED) is 0.698. The first-order valence-corrected chi connectivity index (χ1v) is 11.6. The van der Waals surface area contributed by atoms with Gasteiger partial charge in [0.25, 0.3) is 10.0 Å². The standard InChI is InChI=1S/C19H27N3O2S2/c1-15(12-16-6-3-2-4-7-16)21-14-17-13-20-10-9-18(17)22-26(23,24)19-8-5-11-25-19/h5,8-11,13,15-16,21H,2-4,6-7,12,14H2,1H3,(H,20,22). The Hall–Kier alpha value is -1.44. The minimum absolute atomic E-state index is 0.318. The van der Waals surface area contributed by atoms with Crippen molar-refractivity contribution in [1.29, 1.82) is 0 Å². The van der Waals surface area contributed by atoms with E-state index in [1.165, 1.54) is 49.9 Å². The highest BCUT2D eigenvalue weighted by Crippen LogP contribution is 2.27. The first-order valence-electron chi connectivity index (χ1n) is 9.27. The van der Waals surface area contributed by atoms with E-state index in [0.29, 0.717) is 22.5 Å². The fraction of sp³-hybridized carbons (Fsp3) is 0.526. The Morgan fingerprint density at radius 3 is 2.81 bits per heavy atom. The van der Waals surface area contributed by atoms with Crippen molar-refractivity contribution in [2.45, 2.75) is 62.2 Å². The van der Waals surface area contributed by atoms with Crippen LogP contribution < -0.4 is 10.0 Å². The lowest BCUT2D eigenvalue weighted by atomic mass is 9.85. The van der Waals surface area contributed by atoms with E-state index in [1.54, 1.807) is 36.0 Å². The van der Waals surface area contributed by atoms with Crippen LogP contribution in [0.1, 0.15) is 51.0 Å². The number of sulfonamides is 1. The van der Waals surface area contributed by atoms with Crippen molar-refractivity contribution >= 4 is 27.0 Å². The third-order valence-corrected chi connectivity index (χ3v) is 7.72. The predicted molar refractivity (Wildman–Crippen MR) is 107 cm³/mol. The second-order valence-electron chi connectivity index (χ2n) is 7.09. The van der Waals surface area contributed by atoms with Gasteiger partial charge < -0.3 is 5.32 Å². The van der Waals surface area contributed by atoms with Crippen LogP contribution in [0.25, 0.3) is 0 Å². The summed E-state index contributed by atoms with van der Waals surface area (Å²) in [4.78, 5) is 4.16. The van der Waals surface area contributed by atoms with Crippen LogP contribution in [0.2, 0.25) is 0 Å². The molecule has 1 fully saturated rings. The van der Waals surface area contributed by atoms with Crippen LogP contribution in [-0.2, 0) is 16.6 Å². The Balaban J connectivity index is 1.60. The molecule has 26 heavy (non-hydrogen) atoms. The zero-order valence-corrected chi connectivity index (χ0v) is 16.8. The molecule has 2 aromatic heterocycles. The number of pyridine rings is 1. The van der Waals surface area contributed by atoms with Gasteiger partial charge in [-0.15, -0.1) is 11.3 Å². The molecule has 5 nitrogen and oxygen atoms in total. The van der Waals surface area contributed by atoms with E-state index in [-0.39, 0.29) is 0 Å². The Kier molecular flexibility index (Phi) is 6.67. The molecule has 2 heterocycles. The van der Waals surface area contributed by atoms with Gasteiger partial charge in [0, 0.05) is 30.5 Å². The van der Waals surface area contributed by atoms with E-state index in [0.717, 1.165) is 11.5 Å². The summed E-state index contributed by atoms with van der Waals surface area (Å²) < 4.78 is 28.0. The van der Waals surface area contributed by atoms with Crippen molar-refractivity contribution in [3.8, 4) is 0 Å². The molecule has 0 saturated heterocycles. The van der Waals surface area contributed by atoms with Crippen molar-refractivity contribution < 1.29 is 8.42 Å². The van der Waals surface area contributed by atoms with Gasteiger partial charge >= 0.3 is 0 Å². The maximum absolute atomic E-state index is 12.5. The fourth-order valence-electron chi connectivity index (χ4n) is 3.57. The second kappa shape index (κ2) is 8.97. The number of aromatic nitrogens is 1. The van der Waals surface area contributed by atoms with E-state index in [4.69, 9.17) is 0 Å². The van der Waals surface area contributed by atoms with Crippen molar-refractivity contribution in [3.63, 3.8) is 0 Å². The summed E-state index contributed by atoms with van der Waals surface area (Å²) >= 11 is 1.21. The number of anilines is 1. The third kappa shape index (κ3) is 5.28. The largest absolute Gasteiger partial charge is 0.310 e. The number of nitrogens with one attached hydrogen (secondary N) is 2. The van der Waals surface area contributed by atoms with Gasteiger partial charge in [-0.05, 0) is 36.8 Å². The van der Waals surface area contributed by atoms with Gasteiger partial charge in [0.1, 0.15) is 4.21 Å². The molecule has 2 aromatic rings. The molecular formula is C19H27N3O2S2. The molecule has 0 spiro atoms. The van der Waals surface area contributed by atoms with Crippen LogP contribution in [0.5, 0.6) is 0 Å². The molecule has 7 heteroatoms. The molecule has 0 radical (unpaired) electrons. The van der Waals surface area contributed by atoms with Crippen LogP contribution >= 0.6 is 11.3 Å². The van der Waals surface area contributed by atoms with E-state index < -0.39 is 10.0 Å². The molecule has 0 amide bonds. The zero-order valence-electron chi connectivity index (χ0n) is 15.1. The monoisotopic (exact) mass is 393 g/mol. The molecule has 142 valence electrons. The number of thiophene rings is 1. The van der Waals surface area contributed by atoms with Crippen LogP contribution in [-0.4, -0.2) is 19.4 Å². The Morgan fingerprint density at radius 2 is 2.08 bits per heavy atom. The number of hydrogen-bond acceptors (Lipinski definition) is 5. The summed E-state index contributed by atoms with van der Waals surface area (Å²) in [5.74, 6) is 0.817. The highest BCUT2D eigenvalue weighted by molar-refractivity contribution is 7.94. The molecule has 1 atom stereocenters. The summed E-state index contributed by atoms with van der Waals surface area (Å²) in [5, 5.41) is 5.30. The van der Waals surface area contributed by atoms with Gasteiger partial charge in [-0.2, -0.15) is 0 Å². The molecule has 1 aliphatic carbocycles. The molecule has 2 N–H and O–H groups in total. The maximum Gasteiger partial charge on any atom is 0.271 e. The topological polar surface area (TPSA) is 71.1 Å². The Morgan fingerprint density at radius 1 is 1.27 bits per heavy atom. The van der Waals surface area contributed by atoms with Crippen LogP contribution in [0.3, 0.4) is 0 Å². The average molecular weight is 394 g/mol. The molecular weight excluding hydrogens is 366 g/mol. The smallest absolute Gasteiger partial charge is 0.271 e. The average Bonchev–Trinajstić information content (AvgIpc) is 3.17. The SMILES string of the molecule is CC(CC1CCCCC1)NCc1cnccc1NS(=O)(=O)c1cccs1. The van der Waals surface area contributed by atoms with Gasteiger partial charge in [0.2, 0.25) is 0 Å². The normalized spacial score (nSPS) is 17.1. The predicted octanol–water partition coefficient (Wildman–Crippen LogP) is 4.39. The summed E-state index contributed by atoms with van der Waals surface area (Å²) in [6, 6.07) is 5.47. The minimum Gasteiger partial charge on any atom is -0.310 e. The van der Waals surface area contributed by atoms with Gasteiger partial charge in [-0.1, -0.05) is 38.2 Å². The summed E-state index contributed by atoms with van der Waals surface area (Å²) in [6.45, 7) is 2.81. The minimum atomic E-state index is -3.54. The lowest BCUT2D eigenvalue weighted by molar-refractivity contribution is 0.304. The molecule has 1 saturated carbocycles. The third-order valence-electron chi connectivity index (χ3n) is 4.96. The van der Waals surface area contributed by atoms with E-state index in [1.807, 2.05) is 0 Å². The second-order valence-corrected chi connectivity index (χ2v) is 9.95. The van der Waals surface area contributed by atoms with Gasteiger partial charge in [0.05, 0.1) is 5.69 Å². The van der Waals surface area contributed by atoms with Crippen molar-refractivity contribution in [1.82, 2.24) is 10.3 Å². The Bertz CT molecular complexity index is 785. The molecule has 1 aliphatic rings. The van der Waals surface area contributed by atoms with Gasteiger partial charge in [-0.25, -0.2) is 8.42 Å². The van der Waals surface area contributed by atoms with E-state index in [2.05, 4.69) is 21.9 Å². The van der Waals surface area contributed by atoms with Crippen molar-refractivity contribution in [2.24, 2.45) is 5.92 Å². The molecule has 0 aromatic carbocycles. The summed E-state index contributed by atoms with van der Waals surface area (Å²) in [6.07, 6.45) is 11.3. The number of nitrogens with zero attached hydrogens (tertiary/aromatic N) is 1. The van der Waals surface area contributed by atoms with Crippen LogP contribution in [0.4, 0.5) is 5.69 Å².